The van der Waals surface area contributed by atoms with E-state index in [1.54, 1.807) is 7.11 Å². The number of benzene rings is 1. The van der Waals surface area contributed by atoms with E-state index < -0.39 is 0 Å². The zero-order valence-corrected chi connectivity index (χ0v) is 21.0. The van der Waals surface area contributed by atoms with Crippen LogP contribution in [0.15, 0.2) is 30.3 Å². The number of pyridine rings is 1. The molecule has 1 aromatic carbocycles. The van der Waals surface area contributed by atoms with Crippen molar-refractivity contribution in [2.75, 3.05) is 63.0 Å². The van der Waals surface area contributed by atoms with Crippen LogP contribution in [0, 0.1) is 0 Å². The Morgan fingerprint density at radius 1 is 1.00 bits per heavy atom. The smallest absolute Gasteiger partial charge is 0.229 e. The van der Waals surface area contributed by atoms with Crippen LogP contribution in [0.3, 0.4) is 0 Å². The number of nitrogens with zero attached hydrogens (tertiary/aromatic N) is 5. The Balaban J connectivity index is 0.00000141. The second kappa shape index (κ2) is 11.6. The van der Waals surface area contributed by atoms with Gasteiger partial charge in [0.05, 0.1) is 57.3 Å². The highest BCUT2D eigenvalue weighted by Crippen LogP contribution is 2.32. The maximum atomic E-state index is 9.73. The van der Waals surface area contributed by atoms with Gasteiger partial charge in [-0.3, -0.25) is 0 Å². The molecule has 2 aliphatic rings. The highest BCUT2D eigenvalue weighted by molar-refractivity contribution is 5.90. The lowest BCUT2D eigenvalue weighted by Gasteiger charge is -2.35. The van der Waals surface area contributed by atoms with Gasteiger partial charge in [-0.2, -0.15) is 9.97 Å². The van der Waals surface area contributed by atoms with Crippen molar-refractivity contribution >= 4 is 22.8 Å². The number of aliphatic hydroxyl groups is 1. The molecule has 0 spiro atoms. The lowest BCUT2D eigenvalue weighted by atomic mass is 10.1. The van der Waals surface area contributed by atoms with E-state index in [-0.39, 0.29) is 12.6 Å². The Hall–Kier alpha value is -3.01. The van der Waals surface area contributed by atoms with Crippen molar-refractivity contribution in [2.24, 2.45) is 0 Å². The van der Waals surface area contributed by atoms with Gasteiger partial charge in [-0.25, -0.2) is 4.98 Å². The largest absolute Gasteiger partial charge is 0.496 e. The average molecular weight is 482 g/mol. The summed E-state index contributed by atoms with van der Waals surface area (Å²) in [5.74, 6) is 2.22. The molecule has 2 saturated heterocycles. The van der Waals surface area contributed by atoms with E-state index in [0.29, 0.717) is 43.8 Å². The number of fused-ring (bicyclic) bond motifs is 1. The number of hydrogen-bond donors (Lipinski definition) is 1. The van der Waals surface area contributed by atoms with Gasteiger partial charge in [-0.05, 0) is 37.3 Å². The van der Waals surface area contributed by atoms with Gasteiger partial charge in [-0.1, -0.05) is 13.8 Å². The van der Waals surface area contributed by atoms with Gasteiger partial charge in [0.1, 0.15) is 11.6 Å². The van der Waals surface area contributed by atoms with Gasteiger partial charge in [0.15, 0.2) is 5.65 Å². The Kier molecular flexibility index (Phi) is 8.33. The van der Waals surface area contributed by atoms with Crippen LogP contribution in [0.2, 0.25) is 0 Å². The van der Waals surface area contributed by atoms with Crippen molar-refractivity contribution in [1.29, 1.82) is 0 Å². The fourth-order valence-corrected chi connectivity index (χ4v) is 4.37. The third-order valence-corrected chi connectivity index (χ3v) is 6.21. The van der Waals surface area contributed by atoms with E-state index in [4.69, 9.17) is 29.2 Å². The molecule has 2 aromatic heterocycles. The Labute approximate surface area is 206 Å². The molecule has 1 atom stereocenters. The van der Waals surface area contributed by atoms with Crippen molar-refractivity contribution in [2.45, 2.75) is 33.4 Å². The summed E-state index contributed by atoms with van der Waals surface area (Å²) < 4.78 is 16.5. The van der Waals surface area contributed by atoms with Crippen LogP contribution in [-0.4, -0.2) is 79.3 Å². The maximum Gasteiger partial charge on any atom is 0.229 e. The molecule has 188 valence electrons. The topological polar surface area (TPSA) is 93.1 Å². The van der Waals surface area contributed by atoms with Crippen molar-refractivity contribution in [3.05, 3.63) is 35.9 Å². The summed E-state index contributed by atoms with van der Waals surface area (Å²) in [6.07, 6.45) is 0. The number of aromatic nitrogens is 3. The number of rotatable bonds is 5. The van der Waals surface area contributed by atoms with Crippen molar-refractivity contribution in [1.82, 2.24) is 15.0 Å². The molecule has 9 heteroatoms. The SMILES string of the molecule is CC.COc1ccc(-c2ccc3c(N4CCOC[C@@H]4C)nc(N4CCOCC4)nc3n2)cc1CO. The summed E-state index contributed by atoms with van der Waals surface area (Å²) in [5, 5.41) is 10.6. The molecule has 1 N–H and O–H groups in total. The second-order valence-corrected chi connectivity index (χ2v) is 8.32. The van der Waals surface area contributed by atoms with Crippen molar-refractivity contribution in [3.8, 4) is 17.0 Å². The highest BCUT2D eigenvalue weighted by atomic mass is 16.5. The molecule has 5 rings (SSSR count). The van der Waals surface area contributed by atoms with Crippen molar-refractivity contribution < 1.29 is 19.3 Å². The van der Waals surface area contributed by atoms with E-state index in [0.717, 1.165) is 47.7 Å². The fraction of sp³-hybridized carbons (Fsp3) is 0.500. The van der Waals surface area contributed by atoms with Crippen LogP contribution in [0.4, 0.5) is 11.8 Å². The number of aliphatic hydroxyl groups excluding tert-OH is 1. The number of methoxy groups -OCH3 is 1. The number of anilines is 2. The molecule has 0 bridgehead atoms. The predicted molar refractivity (Wildman–Crippen MR) is 137 cm³/mol. The van der Waals surface area contributed by atoms with Gasteiger partial charge in [0, 0.05) is 30.8 Å². The van der Waals surface area contributed by atoms with Gasteiger partial charge in [0.25, 0.3) is 0 Å². The van der Waals surface area contributed by atoms with Gasteiger partial charge < -0.3 is 29.1 Å². The Morgan fingerprint density at radius 2 is 1.77 bits per heavy atom. The molecule has 0 unspecified atom stereocenters. The summed E-state index contributed by atoms with van der Waals surface area (Å²) in [6, 6.07) is 9.94. The standard InChI is InChI=1S/C24H29N5O4.C2H6/c1-16-15-33-12-9-29(16)23-19-4-5-20(17-3-6-21(31-2)18(13-17)14-30)25-22(19)26-24(27-23)28-7-10-32-11-8-28;1-2/h3-6,13,16,30H,7-12,14-15H2,1-2H3;1-2H3/t16-;/m0./s1. The summed E-state index contributed by atoms with van der Waals surface area (Å²) in [7, 11) is 1.60. The Morgan fingerprint density at radius 3 is 2.49 bits per heavy atom. The van der Waals surface area contributed by atoms with E-state index in [1.807, 2.05) is 44.2 Å². The molecule has 2 aliphatic heterocycles. The van der Waals surface area contributed by atoms with E-state index >= 15 is 0 Å². The summed E-state index contributed by atoms with van der Waals surface area (Å²) in [5.41, 5.74) is 3.05. The first-order chi connectivity index (χ1) is 17.2. The van der Waals surface area contributed by atoms with Gasteiger partial charge in [-0.15, -0.1) is 0 Å². The molecule has 4 heterocycles. The summed E-state index contributed by atoms with van der Waals surface area (Å²) in [6.45, 7) is 11.0. The van der Waals surface area contributed by atoms with Crippen LogP contribution >= 0.6 is 0 Å². The molecular formula is C26H35N5O4. The molecular weight excluding hydrogens is 446 g/mol. The van der Waals surface area contributed by atoms with E-state index in [2.05, 4.69) is 16.7 Å². The number of morpholine rings is 2. The normalized spacial score (nSPS) is 18.3. The van der Waals surface area contributed by atoms with Crippen LogP contribution < -0.4 is 14.5 Å². The number of hydrogen-bond acceptors (Lipinski definition) is 9. The minimum Gasteiger partial charge on any atom is -0.496 e. The summed E-state index contributed by atoms with van der Waals surface area (Å²) >= 11 is 0. The first-order valence-corrected chi connectivity index (χ1v) is 12.3. The third-order valence-electron chi connectivity index (χ3n) is 6.21. The molecule has 2 fully saturated rings. The number of ether oxygens (including phenoxy) is 3. The molecule has 0 saturated carbocycles. The quantitative estimate of drug-likeness (QED) is 0.589. The molecule has 0 amide bonds. The second-order valence-electron chi connectivity index (χ2n) is 8.32. The molecule has 9 nitrogen and oxygen atoms in total. The third kappa shape index (κ3) is 5.32. The molecule has 0 aliphatic carbocycles. The first kappa shape index (κ1) is 25.1. The lowest BCUT2D eigenvalue weighted by Crippen LogP contribution is -2.44. The maximum absolute atomic E-state index is 9.73. The highest BCUT2D eigenvalue weighted by Gasteiger charge is 2.25. The minimum atomic E-state index is -0.104. The van der Waals surface area contributed by atoms with E-state index in [9.17, 15) is 5.11 Å². The monoisotopic (exact) mass is 481 g/mol. The van der Waals surface area contributed by atoms with Crippen LogP contribution in [-0.2, 0) is 16.1 Å². The van der Waals surface area contributed by atoms with E-state index in [1.165, 1.54) is 0 Å². The first-order valence-electron chi connectivity index (χ1n) is 12.3. The lowest BCUT2D eigenvalue weighted by molar-refractivity contribution is 0.0986. The molecule has 3 aromatic rings. The molecule has 0 radical (unpaired) electrons. The zero-order chi connectivity index (χ0) is 24.8. The van der Waals surface area contributed by atoms with Gasteiger partial charge >= 0.3 is 0 Å². The van der Waals surface area contributed by atoms with Crippen LogP contribution in [0.1, 0.15) is 26.3 Å². The van der Waals surface area contributed by atoms with Crippen LogP contribution in [0.5, 0.6) is 5.75 Å². The summed E-state index contributed by atoms with van der Waals surface area (Å²) in [4.78, 5) is 19.2. The predicted octanol–water partition coefficient (Wildman–Crippen LogP) is 3.28. The average Bonchev–Trinajstić information content (AvgIpc) is 2.93. The molecule has 35 heavy (non-hydrogen) atoms. The Bertz CT molecular complexity index is 1140. The fourth-order valence-electron chi connectivity index (χ4n) is 4.37. The van der Waals surface area contributed by atoms with Crippen molar-refractivity contribution in [3.63, 3.8) is 0 Å². The van der Waals surface area contributed by atoms with Gasteiger partial charge in [0.2, 0.25) is 5.95 Å². The van der Waals surface area contributed by atoms with Crippen LogP contribution in [0.25, 0.3) is 22.3 Å². The zero-order valence-electron chi connectivity index (χ0n) is 21.0. The minimum absolute atomic E-state index is 0.104.